The normalized spacial score (nSPS) is 15.1. The molecule has 0 saturated heterocycles. The third kappa shape index (κ3) is 5.12. The standard InChI is InChI=1S/C32H16N8.C9H4F6O2.Ga/c1-2-10-18-17(9-1)25-33-26(18)38-28-21-13-5-6-14-22(21)30(35-28)40-32-24-16-8-7-15-23(24)31(36-32)39-29-20-12-4-3-11-19(20)27(34-29)37-25;10-8(11,12)5-1-4(7(16)17)2-6(3-5)9(13,14)15;/h1-16H;1-3H,(H,16,17);/q-2;;+3/p-1. The van der Waals surface area contributed by atoms with Gasteiger partial charge in [0.15, 0.2) is 0 Å². The predicted octanol–water partition coefficient (Wildman–Crippen LogP) is 7.82. The van der Waals surface area contributed by atoms with Crippen LogP contribution in [0.25, 0.3) is 21.5 Å². The van der Waals surface area contributed by atoms with Gasteiger partial charge in [-0.3, -0.25) is 0 Å². The molecule has 2 aromatic heterocycles. The fourth-order valence-electron chi connectivity index (χ4n) is 7.73. The van der Waals surface area contributed by atoms with Crippen molar-refractivity contribution in [3.8, 4) is 0 Å². The summed E-state index contributed by atoms with van der Waals surface area (Å²) in [7, 11) is 0. The maximum atomic E-state index is 14.5. The van der Waals surface area contributed by atoms with Gasteiger partial charge in [0, 0.05) is 0 Å². The molecule has 11 rings (SSSR count). The van der Waals surface area contributed by atoms with Crippen molar-refractivity contribution in [3.05, 3.63) is 165 Å². The summed E-state index contributed by atoms with van der Waals surface area (Å²) in [6.07, 6.45) is -10.4. The molecule has 280 valence electrons. The summed E-state index contributed by atoms with van der Waals surface area (Å²) < 4.78 is 94.4. The van der Waals surface area contributed by atoms with Crippen molar-refractivity contribution in [1.82, 2.24) is 6.55 Å². The molecule has 5 aromatic carbocycles. The molecule has 0 aliphatic carbocycles. The topological polar surface area (TPSA) is 110 Å². The monoisotopic (exact) mass is 838 g/mol. The number of aromatic nitrogens is 2. The van der Waals surface area contributed by atoms with E-state index in [1.54, 1.807) is 55.1 Å². The van der Waals surface area contributed by atoms with Crippen LogP contribution in [0.1, 0.15) is 43.7 Å². The molecule has 0 N–H and O–H groups in total. The molecule has 0 fully saturated rings. The number of nitrogens with zero attached hydrogens (tertiary/aromatic N) is 8. The van der Waals surface area contributed by atoms with Crippen molar-refractivity contribution in [1.29, 1.82) is 0 Å². The first-order valence-corrected chi connectivity index (χ1v) is 20.8. The number of benzene rings is 5. The number of hydrogen-bond donors (Lipinski definition) is 0. The number of aliphatic imine (C=N–C) groups is 4. The Morgan fingerprint density at radius 3 is 1.28 bits per heavy atom. The molecule has 7 aromatic rings. The van der Waals surface area contributed by atoms with Crippen LogP contribution in [-0.4, -0.2) is 52.9 Å². The van der Waals surface area contributed by atoms with Gasteiger partial charge < -0.3 is 0 Å². The van der Waals surface area contributed by atoms with E-state index in [4.69, 9.17) is 33.5 Å². The van der Waals surface area contributed by atoms with Crippen LogP contribution >= 0.6 is 0 Å². The second-order valence-corrected chi connectivity index (χ2v) is 17.7. The summed E-state index contributed by atoms with van der Waals surface area (Å²) in [5, 5.41) is 2.24. The Labute approximate surface area is 327 Å². The van der Waals surface area contributed by atoms with Crippen molar-refractivity contribution < 1.29 is 34.7 Å². The Morgan fingerprint density at radius 2 is 0.862 bits per heavy atom. The number of amidine groups is 4. The van der Waals surface area contributed by atoms with E-state index in [0.717, 1.165) is 0 Å². The summed E-state index contributed by atoms with van der Waals surface area (Å²) in [4.78, 5) is 44.7. The Balaban J connectivity index is 1.31. The number of alkyl halides is 6. The number of carbonyl (C=O) groups excluding carboxylic acids is 1. The fraction of sp³-hybridized carbons (Fsp3) is 0.0488. The molecule has 0 spiro atoms. The average Bonchev–Trinajstić information content (AvgIpc) is 3.92. The minimum atomic E-state index is -5.21. The van der Waals surface area contributed by atoms with E-state index in [0.29, 0.717) is 55.9 Å². The quantitative estimate of drug-likeness (QED) is 0.131. The number of rotatable bonds is 2. The van der Waals surface area contributed by atoms with E-state index in [2.05, 4.69) is 0 Å². The van der Waals surface area contributed by atoms with Crippen LogP contribution in [0.15, 0.2) is 145 Å². The third-order valence-electron chi connectivity index (χ3n) is 10.3. The van der Waals surface area contributed by atoms with Crippen molar-refractivity contribution in [2.24, 2.45) is 30.0 Å². The Kier molecular flexibility index (Phi) is 7.16. The van der Waals surface area contributed by atoms with E-state index in [9.17, 15) is 31.1 Å². The molecule has 0 radical (unpaired) electrons. The van der Waals surface area contributed by atoms with E-state index in [1.807, 2.05) is 48.5 Å². The van der Waals surface area contributed by atoms with Gasteiger partial charge in [-0.1, -0.05) is 0 Å². The summed E-state index contributed by atoms with van der Waals surface area (Å²) >= 11 is -4.74. The van der Waals surface area contributed by atoms with Crippen LogP contribution in [0.3, 0.4) is 0 Å². The van der Waals surface area contributed by atoms with Gasteiger partial charge in [0.05, 0.1) is 0 Å². The molecule has 4 aliphatic rings. The van der Waals surface area contributed by atoms with Gasteiger partial charge in [-0.25, -0.2) is 0 Å². The van der Waals surface area contributed by atoms with Crippen LogP contribution in [0, 0.1) is 0 Å². The Morgan fingerprint density at radius 1 is 0.483 bits per heavy atom. The first-order valence-electron chi connectivity index (χ1n) is 17.7. The molecule has 17 heteroatoms. The van der Waals surface area contributed by atoms with Gasteiger partial charge >= 0.3 is 328 Å². The van der Waals surface area contributed by atoms with E-state index < -0.39 is 52.1 Å². The molecule has 0 saturated carbocycles. The summed E-state index contributed by atoms with van der Waals surface area (Å²) in [6, 6.07) is 29.7. The number of fused-ring (bicyclic) bond motifs is 14. The zero-order valence-corrected chi connectivity index (χ0v) is 31.6. The van der Waals surface area contributed by atoms with Crippen molar-refractivity contribution in [2.75, 3.05) is 0 Å². The van der Waals surface area contributed by atoms with Gasteiger partial charge in [-0.05, 0) is 0 Å². The molecule has 6 heterocycles. The van der Waals surface area contributed by atoms with Crippen molar-refractivity contribution >= 4 is 79.6 Å². The Hall–Kier alpha value is -6.85. The first-order chi connectivity index (χ1) is 27.9. The summed E-state index contributed by atoms with van der Waals surface area (Å²) in [6.45, 7) is 0. The maximum absolute atomic E-state index is 14.5. The van der Waals surface area contributed by atoms with Crippen molar-refractivity contribution in [2.45, 2.75) is 12.4 Å². The molecular formula is C41H19F6GaN8O2. The van der Waals surface area contributed by atoms with Crippen LogP contribution in [0.4, 0.5) is 38.0 Å². The molecule has 4 aliphatic heterocycles. The van der Waals surface area contributed by atoms with Crippen molar-refractivity contribution in [3.63, 3.8) is 0 Å². The average molecular weight is 839 g/mol. The predicted molar refractivity (Wildman–Crippen MR) is 203 cm³/mol. The van der Waals surface area contributed by atoms with Crippen LogP contribution in [0.5, 0.6) is 0 Å². The van der Waals surface area contributed by atoms with Gasteiger partial charge in [-0.2, -0.15) is 0 Å². The zero-order valence-electron chi connectivity index (χ0n) is 29.2. The second kappa shape index (κ2) is 12.1. The van der Waals surface area contributed by atoms with Gasteiger partial charge in [0.2, 0.25) is 0 Å². The number of halogens is 6. The molecule has 0 unspecified atom stereocenters. The van der Waals surface area contributed by atoms with Crippen LogP contribution in [0.2, 0.25) is 0 Å². The van der Waals surface area contributed by atoms with Gasteiger partial charge in [0.25, 0.3) is 0 Å². The second-order valence-electron chi connectivity index (χ2n) is 13.7. The van der Waals surface area contributed by atoms with Crippen LogP contribution < -0.4 is 11.0 Å². The van der Waals surface area contributed by atoms with Gasteiger partial charge in [-0.15, -0.1) is 0 Å². The molecule has 10 nitrogen and oxygen atoms in total. The summed E-state index contributed by atoms with van der Waals surface area (Å²) in [5.41, 5.74) is -1.14. The van der Waals surface area contributed by atoms with E-state index in [-0.39, 0.29) is 52.0 Å². The first kappa shape index (κ1) is 34.4. The summed E-state index contributed by atoms with van der Waals surface area (Å²) in [5.74, 6) is 0.201. The van der Waals surface area contributed by atoms with Crippen LogP contribution in [-0.2, 0) is 15.9 Å². The molecule has 58 heavy (non-hydrogen) atoms. The molecule has 6 bridgehead atoms. The Bertz CT molecular complexity index is 3090. The van der Waals surface area contributed by atoms with Gasteiger partial charge in [0.1, 0.15) is 0 Å². The third-order valence-corrected chi connectivity index (χ3v) is 15.1. The van der Waals surface area contributed by atoms with E-state index in [1.165, 1.54) is 0 Å². The SMILES string of the molecule is O=C([O][Ga]1[n]2c3c4ccccc4c2N=C2N=C(N=c4c5ccccc5c([n]41)=NC1=NC(=N3)c3ccccc31)c1ccccc12)c1cc(C(F)(F)F)cc(C(F)(F)F)c1. The zero-order chi connectivity index (χ0) is 39.7. The van der Waals surface area contributed by atoms with E-state index >= 15 is 0 Å². The molecule has 0 amide bonds. The fourth-order valence-corrected chi connectivity index (χ4v) is 12.7. The molecular weight excluding hydrogens is 820 g/mol. The minimum absolute atomic E-state index is 0.0380. The number of hydrogen-bond acceptors (Lipinski definition) is 8. The molecule has 0 atom stereocenters. The number of carbonyl (C=O) groups is 1.